The smallest absolute Gasteiger partial charge is 0.251 e. The summed E-state index contributed by atoms with van der Waals surface area (Å²) in [6, 6.07) is 8.98. The molecule has 0 aliphatic rings. The van der Waals surface area contributed by atoms with Gasteiger partial charge in [-0.1, -0.05) is 12.1 Å². The molecule has 2 rings (SSSR count). The van der Waals surface area contributed by atoms with Crippen LogP contribution in [0.1, 0.15) is 21.5 Å². The Morgan fingerprint density at radius 1 is 0.833 bits per heavy atom. The van der Waals surface area contributed by atoms with Crippen LogP contribution in [0.25, 0.3) is 0 Å². The molecule has 0 fully saturated rings. The molecule has 2 aromatic rings. The number of hydrogen-bond acceptors (Lipinski definition) is 6. The fraction of sp³-hybridized carbons (Fsp3) is 0.364. The first-order valence-corrected chi connectivity index (χ1v) is 9.41. The van der Waals surface area contributed by atoms with E-state index in [0.29, 0.717) is 35.8 Å². The molecule has 0 bridgehead atoms. The minimum atomic E-state index is -0.423. The summed E-state index contributed by atoms with van der Waals surface area (Å²) in [6.07, 6.45) is 0.656. The molecule has 0 radical (unpaired) electrons. The van der Waals surface area contributed by atoms with Crippen LogP contribution in [0.4, 0.5) is 0 Å². The van der Waals surface area contributed by atoms with Gasteiger partial charge >= 0.3 is 0 Å². The van der Waals surface area contributed by atoms with Crippen LogP contribution in [0.5, 0.6) is 23.0 Å². The third-order valence-electron chi connectivity index (χ3n) is 4.54. The molecule has 8 nitrogen and oxygen atoms in total. The average Bonchev–Trinajstić information content (AvgIpc) is 2.77. The minimum absolute atomic E-state index is 0.146. The highest BCUT2D eigenvalue weighted by Crippen LogP contribution is 2.38. The molecule has 2 N–H and O–H groups in total. The molecular weight excluding hydrogens is 388 g/mol. The van der Waals surface area contributed by atoms with Gasteiger partial charge in [0.2, 0.25) is 11.7 Å². The zero-order valence-electron chi connectivity index (χ0n) is 18.0. The third kappa shape index (κ3) is 5.79. The fourth-order valence-corrected chi connectivity index (χ4v) is 2.90. The van der Waals surface area contributed by atoms with Crippen LogP contribution in [-0.4, -0.2) is 53.3 Å². The second kappa shape index (κ2) is 10.9. The summed E-state index contributed by atoms with van der Waals surface area (Å²) in [5, 5.41) is 5.38. The summed E-state index contributed by atoms with van der Waals surface area (Å²) in [5.74, 6) is 1.22. The maximum atomic E-state index is 12.4. The maximum Gasteiger partial charge on any atom is 0.251 e. The Labute approximate surface area is 176 Å². The second-order valence-corrected chi connectivity index (χ2v) is 6.50. The minimum Gasteiger partial charge on any atom is -0.496 e. The fourth-order valence-electron chi connectivity index (χ4n) is 2.90. The Morgan fingerprint density at radius 3 is 2.03 bits per heavy atom. The molecule has 0 saturated carbocycles. The Hall–Kier alpha value is -3.42. The molecule has 0 aromatic heterocycles. The molecule has 162 valence electrons. The molecular formula is C22H28N2O6. The van der Waals surface area contributed by atoms with Gasteiger partial charge in [0.25, 0.3) is 5.91 Å². The van der Waals surface area contributed by atoms with Crippen LogP contribution in [0.3, 0.4) is 0 Å². The Morgan fingerprint density at radius 2 is 1.47 bits per heavy atom. The van der Waals surface area contributed by atoms with Gasteiger partial charge in [-0.05, 0) is 42.7 Å². The number of ether oxygens (including phenoxy) is 4. The van der Waals surface area contributed by atoms with E-state index in [2.05, 4.69) is 10.6 Å². The largest absolute Gasteiger partial charge is 0.496 e. The summed E-state index contributed by atoms with van der Waals surface area (Å²) < 4.78 is 21.0. The number of hydrogen-bond donors (Lipinski definition) is 2. The number of carbonyl (C=O) groups is 2. The summed E-state index contributed by atoms with van der Waals surface area (Å²) in [5.41, 5.74) is 2.41. The van der Waals surface area contributed by atoms with Gasteiger partial charge in [0.05, 0.1) is 35.0 Å². The summed E-state index contributed by atoms with van der Waals surface area (Å²) >= 11 is 0. The average molecular weight is 416 g/mol. The van der Waals surface area contributed by atoms with Crippen LogP contribution in [0.15, 0.2) is 30.3 Å². The number of benzene rings is 2. The van der Waals surface area contributed by atoms with Gasteiger partial charge in [0.1, 0.15) is 5.75 Å². The lowest BCUT2D eigenvalue weighted by Crippen LogP contribution is -2.37. The lowest BCUT2D eigenvalue weighted by molar-refractivity contribution is -0.120. The Bertz CT molecular complexity index is 872. The van der Waals surface area contributed by atoms with E-state index in [1.165, 1.54) is 33.5 Å². The van der Waals surface area contributed by atoms with Crippen molar-refractivity contribution in [1.29, 1.82) is 0 Å². The van der Waals surface area contributed by atoms with Crippen LogP contribution in [0, 0.1) is 6.92 Å². The van der Waals surface area contributed by atoms with E-state index in [1.807, 2.05) is 25.1 Å². The summed E-state index contributed by atoms with van der Waals surface area (Å²) in [7, 11) is 6.05. The predicted molar refractivity (Wildman–Crippen MR) is 113 cm³/mol. The van der Waals surface area contributed by atoms with Crippen molar-refractivity contribution in [2.75, 3.05) is 41.5 Å². The SMILES string of the molecule is COc1cc(CCNC(=O)CNC(=O)c2cc(OC)c(OC)c(OC)c2)ccc1C. The van der Waals surface area contributed by atoms with E-state index in [0.717, 1.165) is 16.9 Å². The van der Waals surface area contributed by atoms with Crippen LogP contribution in [-0.2, 0) is 11.2 Å². The number of amides is 2. The molecule has 0 atom stereocenters. The molecule has 0 saturated heterocycles. The number of carbonyl (C=O) groups excluding carboxylic acids is 2. The van der Waals surface area contributed by atoms with Crippen molar-refractivity contribution in [3.05, 3.63) is 47.0 Å². The van der Waals surface area contributed by atoms with Crippen molar-refractivity contribution in [2.24, 2.45) is 0 Å². The van der Waals surface area contributed by atoms with E-state index in [1.54, 1.807) is 7.11 Å². The number of methoxy groups -OCH3 is 4. The first-order chi connectivity index (χ1) is 14.4. The van der Waals surface area contributed by atoms with Crippen LogP contribution >= 0.6 is 0 Å². The highest BCUT2D eigenvalue weighted by molar-refractivity contribution is 5.97. The molecule has 2 aromatic carbocycles. The van der Waals surface area contributed by atoms with Gasteiger partial charge in [0, 0.05) is 12.1 Å². The van der Waals surface area contributed by atoms with Crippen LogP contribution < -0.4 is 29.6 Å². The molecule has 0 spiro atoms. The third-order valence-corrected chi connectivity index (χ3v) is 4.54. The van der Waals surface area contributed by atoms with Gasteiger partial charge in [-0.2, -0.15) is 0 Å². The van der Waals surface area contributed by atoms with Gasteiger partial charge in [-0.25, -0.2) is 0 Å². The van der Waals surface area contributed by atoms with Gasteiger partial charge < -0.3 is 29.6 Å². The van der Waals surface area contributed by atoms with Gasteiger partial charge in [0.15, 0.2) is 11.5 Å². The molecule has 8 heteroatoms. The van der Waals surface area contributed by atoms with E-state index in [-0.39, 0.29) is 12.5 Å². The van der Waals surface area contributed by atoms with Crippen molar-refractivity contribution in [2.45, 2.75) is 13.3 Å². The molecule has 2 amide bonds. The molecule has 0 heterocycles. The maximum absolute atomic E-state index is 12.4. The first kappa shape index (κ1) is 22.9. The topological polar surface area (TPSA) is 95.1 Å². The lowest BCUT2D eigenvalue weighted by atomic mass is 10.1. The van der Waals surface area contributed by atoms with Crippen molar-refractivity contribution in [1.82, 2.24) is 10.6 Å². The normalized spacial score (nSPS) is 10.2. The van der Waals surface area contributed by atoms with Crippen molar-refractivity contribution < 1.29 is 28.5 Å². The van der Waals surface area contributed by atoms with Crippen molar-refractivity contribution >= 4 is 11.8 Å². The summed E-state index contributed by atoms with van der Waals surface area (Å²) in [6.45, 7) is 2.28. The standard InChI is InChI=1S/C22H28N2O6/c1-14-6-7-15(10-17(14)27-2)8-9-23-20(25)13-24-22(26)16-11-18(28-3)21(30-5)19(12-16)29-4/h6-7,10-12H,8-9,13H2,1-5H3,(H,23,25)(H,24,26). The van der Waals surface area contributed by atoms with E-state index in [9.17, 15) is 9.59 Å². The summed E-state index contributed by atoms with van der Waals surface area (Å²) in [4.78, 5) is 24.5. The quantitative estimate of drug-likeness (QED) is 0.616. The zero-order valence-corrected chi connectivity index (χ0v) is 18.0. The molecule has 0 aliphatic carbocycles. The molecule has 30 heavy (non-hydrogen) atoms. The molecule has 0 unspecified atom stereocenters. The first-order valence-electron chi connectivity index (χ1n) is 9.41. The van der Waals surface area contributed by atoms with Crippen LogP contribution in [0.2, 0.25) is 0 Å². The highest BCUT2D eigenvalue weighted by Gasteiger charge is 2.17. The molecule has 0 aliphatic heterocycles. The van der Waals surface area contributed by atoms with Gasteiger partial charge in [-0.3, -0.25) is 9.59 Å². The Balaban J connectivity index is 1.88. The van der Waals surface area contributed by atoms with E-state index < -0.39 is 5.91 Å². The second-order valence-electron chi connectivity index (χ2n) is 6.50. The van der Waals surface area contributed by atoms with E-state index >= 15 is 0 Å². The van der Waals surface area contributed by atoms with E-state index in [4.69, 9.17) is 18.9 Å². The Kier molecular flexibility index (Phi) is 8.34. The van der Waals surface area contributed by atoms with Crippen molar-refractivity contribution in [3.8, 4) is 23.0 Å². The predicted octanol–water partition coefficient (Wildman–Crippen LogP) is 2.12. The number of aryl methyl sites for hydroxylation is 1. The highest BCUT2D eigenvalue weighted by atomic mass is 16.5. The number of nitrogens with one attached hydrogen (secondary N) is 2. The monoisotopic (exact) mass is 416 g/mol. The zero-order chi connectivity index (χ0) is 22.1. The van der Waals surface area contributed by atoms with Crippen molar-refractivity contribution in [3.63, 3.8) is 0 Å². The lowest BCUT2D eigenvalue weighted by Gasteiger charge is -2.14. The number of rotatable bonds is 10. The van der Waals surface area contributed by atoms with Gasteiger partial charge in [-0.15, -0.1) is 0 Å².